The van der Waals surface area contributed by atoms with Crippen molar-refractivity contribution in [3.05, 3.63) is 29.5 Å². The zero-order chi connectivity index (χ0) is 29.6. The molecule has 0 spiro atoms. The molecule has 220 valence electrons. The van der Waals surface area contributed by atoms with E-state index in [4.69, 9.17) is 4.74 Å². The second-order valence-corrected chi connectivity index (χ2v) is 13.0. The largest absolute Gasteiger partial charge is 0.430 e. The molecule has 2 atom stereocenters. The molecule has 0 amide bonds. The Hall–Kier alpha value is -4.28. The third-order valence-corrected chi connectivity index (χ3v) is 9.49. The smallest absolute Gasteiger partial charge is 0.387 e. The van der Waals surface area contributed by atoms with E-state index >= 15 is 0 Å². The first kappa shape index (κ1) is 27.9. The third kappa shape index (κ3) is 5.60. The molecule has 13 nitrogen and oxygen atoms in total. The Bertz CT molecular complexity index is 1710. The molecule has 2 N–H and O–H groups in total. The van der Waals surface area contributed by atoms with Gasteiger partial charge in [0, 0.05) is 37.8 Å². The van der Waals surface area contributed by atoms with Crippen LogP contribution >= 0.6 is 0 Å². The predicted octanol–water partition coefficient (Wildman–Crippen LogP) is 2.48. The summed E-state index contributed by atoms with van der Waals surface area (Å²) in [5, 5.41) is 29.7. The highest BCUT2D eigenvalue weighted by Crippen LogP contribution is 2.41. The van der Waals surface area contributed by atoms with E-state index in [0.29, 0.717) is 37.7 Å². The maximum absolute atomic E-state index is 13.8. The summed E-state index contributed by atoms with van der Waals surface area (Å²) >= 11 is 0. The number of piperazine rings is 1. The van der Waals surface area contributed by atoms with Gasteiger partial charge < -0.3 is 20.3 Å². The number of rotatable bonds is 8. The lowest BCUT2D eigenvalue weighted by Gasteiger charge is -2.44. The second-order valence-electron chi connectivity index (χ2n) is 10.8. The molecule has 6 rings (SSSR count). The normalized spacial score (nSPS) is 22.2. The predicted molar refractivity (Wildman–Crippen MR) is 149 cm³/mol. The minimum absolute atomic E-state index is 0.00289. The van der Waals surface area contributed by atoms with Gasteiger partial charge in [-0.3, -0.25) is 4.90 Å². The second kappa shape index (κ2) is 10.8. The number of nitrogens with one attached hydrogen (secondary N) is 2. The van der Waals surface area contributed by atoms with Crippen molar-refractivity contribution in [2.75, 3.05) is 46.7 Å². The van der Waals surface area contributed by atoms with Crippen molar-refractivity contribution in [2.45, 2.75) is 50.9 Å². The number of benzene rings is 1. The van der Waals surface area contributed by atoms with E-state index in [-0.39, 0.29) is 63.8 Å². The summed E-state index contributed by atoms with van der Waals surface area (Å²) in [7, 11) is -3.06. The van der Waals surface area contributed by atoms with Gasteiger partial charge in [0.15, 0.2) is 21.2 Å². The topological polar surface area (TPSA) is 165 Å². The van der Waals surface area contributed by atoms with Crippen LogP contribution in [-0.4, -0.2) is 88.8 Å². The molecule has 0 radical (unpaired) electrons. The zero-order valence-corrected chi connectivity index (χ0v) is 23.5. The molecule has 4 heterocycles. The standard InChI is InChI=1S/C26H28F2N10O3S/c1-15-13-36(19-4-7-42(39,40)14-19)5-6-37(15)21-9-16(10-29)8-20(22(21)41-24(27)28)33-25-34-23-17(11-30)12-31-38(23)26(35-25)32-18-2-3-18/h8-9,12,15,18-19,24H,2-7,13-14H2,1H3,(H2,32,33,34,35)/t15-,19?/m0/s1. The zero-order valence-electron chi connectivity index (χ0n) is 22.7. The van der Waals surface area contributed by atoms with Gasteiger partial charge in [-0.15, -0.1) is 0 Å². The summed E-state index contributed by atoms with van der Waals surface area (Å²) in [4.78, 5) is 12.9. The van der Waals surface area contributed by atoms with Crippen LogP contribution in [0.1, 0.15) is 37.3 Å². The van der Waals surface area contributed by atoms with Crippen LogP contribution in [-0.2, 0) is 9.84 Å². The van der Waals surface area contributed by atoms with Gasteiger partial charge in [0.25, 0.3) is 0 Å². The molecule has 2 aromatic heterocycles. The molecule has 1 aliphatic carbocycles. The number of aromatic nitrogens is 4. The number of hydrogen-bond donors (Lipinski definition) is 2. The highest BCUT2D eigenvalue weighted by atomic mass is 32.2. The summed E-state index contributed by atoms with van der Waals surface area (Å²) in [6, 6.07) is 6.93. The highest BCUT2D eigenvalue weighted by Gasteiger charge is 2.37. The molecule has 3 fully saturated rings. The fraction of sp³-hybridized carbons (Fsp3) is 0.500. The third-order valence-electron chi connectivity index (χ3n) is 7.74. The van der Waals surface area contributed by atoms with Crippen LogP contribution in [0.2, 0.25) is 0 Å². The molecular formula is C26H28F2N10O3S. The number of sulfone groups is 1. The Kier molecular flexibility index (Phi) is 7.20. The maximum atomic E-state index is 13.8. The van der Waals surface area contributed by atoms with Crippen LogP contribution in [0.4, 0.5) is 32.1 Å². The van der Waals surface area contributed by atoms with Crippen molar-refractivity contribution >= 4 is 38.8 Å². The molecule has 3 aromatic rings. The van der Waals surface area contributed by atoms with Gasteiger partial charge in [-0.05, 0) is 38.3 Å². The van der Waals surface area contributed by atoms with E-state index in [1.807, 2.05) is 17.9 Å². The van der Waals surface area contributed by atoms with Gasteiger partial charge in [-0.2, -0.15) is 38.9 Å². The van der Waals surface area contributed by atoms with E-state index in [0.717, 1.165) is 12.8 Å². The molecule has 2 aliphatic heterocycles. The quantitative estimate of drug-likeness (QED) is 0.390. The lowest BCUT2D eigenvalue weighted by Crippen LogP contribution is -2.55. The van der Waals surface area contributed by atoms with Gasteiger partial charge in [0.2, 0.25) is 11.9 Å². The average molecular weight is 599 g/mol. The number of hydrogen-bond acceptors (Lipinski definition) is 12. The van der Waals surface area contributed by atoms with E-state index in [2.05, 4.69) is 36.7 Å². The monoisotopic (exact) mass is 598 g/mol. The summed E-state index contributed by atoms with van der Waals surface area (Å²) in [5.74, 6) is 0.436. The van der Waals surface area contributed by atoms with E-state index in [1.165, 1.54) is 22.8 Å². The molecule has 16 heteroatoms. The van der Waals surface area contributed by atoms with Crippen LogP contribution in [0.3, 0.4) is 0 Å². The molecule has 42 heavy (non-hydrogen) atoms. The number of anilines is 4. The SMILES string of the molecule is C[C@H]1CN(C2CCS(=O)(=O)C2)CCN1c1cc(C#N)cc(Nc2nc(NC3CC3)n3ncc(C#N)c3n2)c1OC(F)F. The van der Waals surface area contributed by atoms with Crippen LogP contribution in [0.5, 0.6) is 5.75 Å². The van der Waals surface area contributed by atoms with Gasteiger partial charge in [-0.1, -0.05) is 0 Å². The molecule has 0 bridgehead atoms. The maximum Gasteiger partial charge on any atom is 0.387 e. The molecule has 3 aliphatic rings. The van der Waals surface area contributed by atoms with Gasteiger partial charge >= 0.3 is 6.61 Å². The Balaban J connectivity index is 1.36. The lowest BCUT2D eigenvalue weighted by molar-refractivity contribution is -0.0491. The minimum atomic E-state index is -3.16. The summed E-state index contributed by atoms with van der Waals surface area (Å²) in [6.07, 6.45) is 3.83. The first-order valence-corrected chi connectivity index (χ1v) is 15.4. The van der Waals surface area contributed by atoms with Crippen molar-refractivity contribution in [1.82, 2.24) is 24.5 Å². The Labute approximate surface area is 240 Å². The summed E-state index contributed by atoms with van der Waals surface area (Å²) < 4.78 is 58.1. The average Bonchev–Trinajstić information content (AvgIpc) is 3.54. The van der Waals surface area contributed by atoms with Gasteiger partial charge in [0.1, 0.15) is 11.6 Å². The summed E-state index contributed by atoms with van der Waals surface area (Å²) in [6.45, 7) is 0.205. The number of nitriles is 2. The van der Waals surface area contributed by atoms with Crippen molar-refractivity contribution in [3.63, 3.8) is 0 Å². The Morgan fingerprint density at radius 2 is 1.95 bits per heavy atom. The van der Waals surface area contributed by atoms with E-state index < -0.39 is 16.4 Å². The van der Waals surface area contributed by atoms with Crippen LogP contribution in [0.15, 0.2) is 18.3 Å². The molecular weight excluding hydrogens is 570 g/mol. The lowest BCUT2D eigenvalue weighted by atomic mass is 10.1. The van der Waals surface area contributed by atoms with Crippen LogP contribution in [0.25, 0.3) is 5.65 Å². The van der Waals surface area contributed by atoms with Gasteiger partial charge in [0.05, 0.1) is 40.7 Å². The number of halogens is 2. The van der Waals surface area contributed by atoms with Crippen molar-refractivity contribution in [3.8, 4) is 17.9 Å². The summed E-state index contributed by atoms with van der Waals surface area (Å²) in [5.41, 5.74) is 0.981. The fourth-order valence-corrected chi connectivity index (χ4v) is 7.33. The number of alkyl halides is 2. The highest BCUT2D eigenvalue weighted by molar-refractivity contribution is 7.91. The molecule has 1 saturated carbocycles. The van der Waals surface area contributed by atoms with Crippen molar-refractivity contribution < 1.29 is 21.9 Å². The number of ether oxygens (including phenoxy) is 1. The Morgan fingerprint density at radius 3 is 2.60 bits per heavy atom. The van der Waals surface area contributed by atoms with Crippen molar-refractivity contribution in [2.24, 2.45) is 0 Å². The number of nitrogens with zero attached hydrogens (tertiary/aromatic N) is 8. The first-order valence-electron chi connectivity index (χ1n) is 13.6. The number of fused-ring (bicyclic) bond motifs is 1. The van der Waals surface area contributed by atoms with Crippen molar-refractivity contribution in [1.29, 1.82) is 10.5 Å². The van der Waals surface area contributed by atoms with Crippen LogP contribution < -0.4 is 20.3 Å². The fourth-order valence-electron chi connectivity index (χ4n) is 5.57. The minimum Gasteiger partial charge on any atom is -0.430 e. The first-order chi connectivity index (χ1) is 20.1. The van der Waals surface area contributed by atoms with E-state index in [1.54, 1.807) is 0 Å². The molecule has 1 aromatic carbocycles. The Morgan fingerprint density at radius 1 is 1.14 bits per heavy atom. The molecule has 1 unspecified atom stereocenters. The van der Waals surface area contributed by atoms with Crippen LogP contribution in [0, 0.1) is 22.7 Å². The van der Waals surface area contributed by atoms with E-state index in [9.17, 15) is 27.7 Å². The molecule has 2 saturated heterocycles. The van der Waals surface area contributed by atoms with Gasteiger partial charge in [-0.25, -0.2) is 8.42 Å².